The summed E-state index contributed by atoms with van der Waals surface area (Å²) in [6, 6.07) is 0. The molecule has 0 heterocycles. The average Bonchev–Trinajstić information content (AvgIpc) is 2.43. The summed E-state index contributed by atoms with van der Waals surface area (Å²) in [5, 5.41) is 0. The van der Waals surface area contributed by atoms with Gasteiger partial charge in [0.05, 0.1) is 5.54 Å². The molecule has 20 heavy (non-hydrogen) atoms. The van der Waals surface area contributed by atoms with Gasteiger partial charge in [-0.25, -0.2) is 0 Å². The van der Waals surface area contributed by atoms with Crippen molar-refractivity contribution >= 4 is 5.78 Å². The fourth-order valence-electron chi connectivity index (χ4n) is 2.51. The van der Waals surface area contributed by atoms with Gasteiger partial charge in [-0.1, -0.05) is 84.1 Å². The van der Waals surface area contributed by atoms with Gasteiger partial charge in [0.1, 0.15) is 0 Å². The zero-order valence-corrected chi connectivity index (χ0v) is 13.8. The molecule has 0 saturated heterocycles. The van der Waals surface area contributed by atoms with Gasteiger partial charge in [-0.3, -0.25) is 4.79 Å². The molecule has 118 valence electrons. The maximum Gasteiger partial charge on any atom is 0.174 e. The number of ketones is 1. The monoisotopic (exact) mass is 281 g/mol. The Morgan fingerprint density at radius 2 is 1.35 bits per heavy atom. The van der Waals surface area contributed by atoms with E-state index in [0.717, 1.165) is 12.8 Å². The second kappa shape index (κ2) is 12.1. The van der Waals surface area contributed by atoms with E-state index in [1.54, 1.807) is 0 Å². The maximum absolute atomic E-state index is 11.5. The number of carbonyl (C=O) groups is 1. The summed E-state index contributed by atoms with van der Waals surface area (Å²) < 4.78 is 0. The molecule has 2 N–H and O–H groups in total. The van der Waals surface area contributed by atoms with Gasteiger partial charge in [0.25, 0.3) is 0 Å². The Morgan fingerprint density at radius 3 is 1.75 bits per heavy atom. The fourth-order valence-corrected chi connectivity index (χ4v) is 2.51. The molecule has 0 aliphatic carbocycles. The zero-order valence-electron chi connectivity index (χ0n) is 13.8. The number of unbranched alkanes of at least 4 members (excludes halogenated alkanes) is 10. The minimum Gasteiger partial charge on any atom is -0.319 e. The lowest BCUT2D eigenvalue weighted by atomic mass is 9.90. The molecule has 0 aliphatic rings. The summed E-state index contributed by atoms with van der Waals surface area (Å²) in [5.74, 6) is -0.0374. The first kappa shape index (κ1) is 19.4. The van der Waals surface area contributed by atoms with Crippen LogP contribution in [0.2, 0.25) is 0 Å². The summed E-state index contributed by atoms with van der Waals surface area (Å²) in [6.45, 7) is 7.57. The van der Waals surface area contributed by atoms with Gasteiger partial charge >= 0.3 is 0 Å². The summed E-state index contributed by atoms with van der Waals surface area (Å²) in [7, 11) is 0. The average molecular weight is 281 g/mol. The first-order valence-corrected chi connectivity index (χ1v) is 8.50. The van der Waals surface area contributed by atoms with Crippen molar-refractivity contribution in [2.24, 2.45) is 5.73 Å². The van der Waals surface area contributed by atoms with Crippen LogP contribution in [0.25, 0.3) is 0 Å². The molecule has 0 amide bonds. The van der Waals surface area contributed by atoms with Crippen LogP contribution in [-0.2, 0) is 4.79 Å². The van der Waals surface area contributed by atoms with E-state index in [1.807, 2.05) is 6.92 Å². The lowest BCUT2D eigenvalue weighted by molar-refractivity contribution is -0.119. The van der Waals surface area contributed by atoms with Gasteiger partial charge in [0.2, 0.25) is 0 Å². The van der Waals surface area contributed by atoms with Crippen LogP contribution in [0, 0.1) is 0 Å². The van der Waals surface area contributed by atoms with Crippen LogP contribution in [-0.4, -0.2) is 11.3 Å². The summed E-state index contributed by atoms with van der Waals surface area (Å²) in [6.07, 6.45) is 16.6. The number of hydrogen-bond donors (Lipinski definition) is 1. The van der Waals surface area contributed by atoms with E-state index in [0.29, 0.717) is 0 Å². The first-order valence-electron chi connectivity index (χ1n) is 8.50. The molecule has 0 aliphatic heterocycles. The van der Waals surface area contributed by atoms with E-state index in [-0.39, 0.29) is 5.78 Å². The van der Waals surface area contributed by atoms with Gasteiger partial charge in [0, 0.05) is 0 Å². The quantitative estimate of drug-likeness (QED) is 0.353. The lowest BCUT2D eigenvalue weighted by Gasteiger charge is -2.20. The number of rotatable bonds is 14. The van der Waals surface area contributed by atoms with Crippen LogP contribution < -0.4 is 5.73 Å². The van der Waals surface area contributed by atoms with E-state index >= 15 is 0 Å². The molecule has 0 aromatic rings. The predicted molar refractivity (Wildman–Crippen MR) is 88.9 cm³/mol. The van der Waals surface area contributed by atoms with Crippen molar-refractivity contribution in [3.05, 3.63) is 12.7 Å². The molecule has 1 atom stereocenters. The second-order valence-electron chi connectivity index (χ2n) is 6.27. The van der Waals surface area contributed by atoms with Crippen molar-refractivity contribution in [3.8, 4) is 0 Å². The SMILES string of the molecule is C=CC(=O)C(C)(N)CCCCCCCCCCCCC. The number of carbonyl (C=O) groups excluding carboxylic acids is 1. The molecule has 0 rings (SSSR count). The van der Waals surface area contributed by atoms with Crippen molar-refractivity contribution in [3.63, 3.8) is 0 Å². The smallest absolute Gasteiger partial charge is 0.174 e. The minimum atomic E-state index is -0.707. The molecule has 1 unspecified atom stereocenters. The molecule has 0 bridgehead atoms. The third kappa shape index (κ3) is 10.2. The van der Waals surface area contributed by atoms with E-state index in [1.165, 1.54) is 70.3 Å². The van der Waals surface area contributed by atoms with Gasteiger partial charge in [-0.2, -0.15) is 0 Å². The van der Waals surface area contributed by atoms with Crippen molar-refractivity contribution < 1.29 is 4.79 Å². The van der Waals surface area contributed by atoms with Crippen LogP contribution in [0.3, 0.4) is 0 Å². The van der Waals surface area contributed by atoms with Gasteiger partial charge in [-0.05, 0) is 19.4 Å². The van der Waals surface area contributed by atoms with Crippen LogP contribution in [0.1, 0.15) is 90.9 Å². The first-order chi connectivity index (χ1) is 9.54. The zero-order chi connectivity index (χ0) is 15.3. The van der Waals surface area contributed by atoms with Crippen molar-refractivity contribution in [1.82, 2.24) is 0 Å². The van der Waals surface area contributed by atoms with Gasteiger partial charge in [0.15, 0.2) is 5.78 Å². The second-order valence-corrected chi connectivity index (χ2v) is 6.27. The van der Waals surface area contributed by atoms with E-state index in [2.05, 4.69) is 13.5 Å². The molecule has 0 aromatic heterocycles. The molecule has 2 nitrogen and oxygen atoms in total. The van der Waals surface area contributed by atoms with Crippen LogP contribution in [0.15, 0.2) is 12.7 Å². The Hall–Kier alpha value is -0.630. The van der Waals surface area contributed by atoms with Gasteiger partial charge < -0.3 is 5.73 Å². The summed E-state index contributed by atoms with van der Waals surface area (Å²) in [4.78, 5) is 11.5. The Bertz CT molecular complexity index is 258. The van der Waals surface area contributed by atoms with Crippen molar-refractivity contribution in [2.75, 3.05) is 0 Å². The molecule has 0 radical (unpaired) electrons. The van der Waals surface area contributed by atoms with Crippen LogP contribution in [0.4, 0.5) is 0 Å². The van der Waals surface area contributed by atoms with Crippen LogP contribution in [0.5, 0.6) is 0 Å². The Labute approximate surface area is 126 Å². The molecule has 0 aromatic carbocycles. The molecule has 2 heteroatoms. The van der Waals surface area contributed by atoms with E-state index in [9.17, 15) is 4.79 Å². The maximum atomic E-state index is 11.5. The lowest BCUT2D eigenvalue weighted by Crippen LogP contribution is -2.43. The Kier molecular flexibility index (Phi) is 11.8. The third-order valence-corrected chi connectivity index (χ3v) is 4.05. The Balaban J connectivity index is 3.32. The molecule has 0 saturated carbocycles. The van der Waals surface area contributed by atoms with Crippen LogP contribution >= 0.6 is 0 Å². The largest absolute Gasteiger partial charge is 0.319 e. The van der Waals surface area contributed by atoms with E-state index < -0.39 is 5.54 Å². The van der Waals surface area contributed by atoms with Gasteiger partial charge in [-0.15, -0.1) is 0 Å². The highest BCUT2D eigenvalue weighted by Crippen LogP contribution is 2.16. The minimum absolute atomic E-state index is 0.0374. The topological polar surface area (TPSA) is 43.1 Å². The molecular formula is C18H35NO. The number of hydrogen-bond acceptors (Lipinski definition) is 2. The highest BCUT2D eigenvalue weighted by molar-refractivity contribution is 5.96. The predicted octanol–water partition coefficient (Wildman–Crippen LogP) is 5.16. The van der Waals surface area contributed by atoms with Crippen molar-refractivity contribution in [2.45, 2.75) is 96.4 Å². The molecular weight excluding hydrogens is 246 g/mol. The molecule has 0 spiro atoms. The highest BCUT2D eigenvalue weighted by atomic mass is 16.1. The normalized spacial score (nSPS) is 13.9. The fraction of sp³-hybridized carbons (Fsp3) is 0.833. The number of nitrogens with two attached hydrogens (primary N) is 1. The highest BCUT2D eigenvalue weighted by Gasteiger charge is 2.24. The Morgan fingerprint density at radius 1 is 0.950 bits per heavy atom. The van der Waals surface area contributed by atoms with E-state index in [4.69, 9.17) is 5.73 Å². The standard InChI is InChI=1S/C18H35NO/c1-4-6-7-8-9-10-11-12-13-14-15-16-18(3,19)17(20)5-2/h5H,2,4,6-16,19H2,1,3H3. The summed E-state index contributed by atoms with van der Waals surface area (Å²) in [5.41, 5.74) is 5.26. The van der Waals surface area contributed by atoms with Crippen molar-refractivity contribution in [1.29, 1.82) is 0 Å². The summed E-state index contributed by atoms with van der Waals surface area (Å²) >= 11 is 0. The molecule has 0 fully saturated rings. The third-order valence-electron chi connectivity index (χ3n) is 4.05.